The molecule has 0 unspecified atom stereocenters. The monoisotopic (exact) mass is 414 g/mol. The van der Waals surface area contributed by atoms with Crippen molar-refractivity contribution in [1.29, 1.82) is 0 Å². The minimum Gasteiger partial charge on any atom is -0.423 e. The van der Waals surface area contributed by atoms with Crippen molar-refractivity contribution in [2.45, 2.75) is 13.3 Å². The fourth-order valence-electron chi connectivity index (χ4n) is 3.80. The molecule has 3 N–H and O–H groups in total. The Kier molecular flexibility index (Phi) is 4.47. The van der Waals surface area contributed by atoms with E-state index in [1.54, 1.807) is 31.7 Å². The second-order valence-corrected chi connectivity index (χ2v) is 7.33. The third-order valence-corrected chi connectivity index (χ3v) is 5.19. The molecule has 0 bridgehead atoms. The van der Waals surface area contributed by atoms with Gasteiger partial charge in [0.05, 0.1) is 23.3 Å². The number of nitrogens with one attached hydrogen (secondary N) is 1. The summed E-state index contributed by atoms with van der Waals surface area (Å²) in [6.45, 7) is 1.90. The summed E-state index contributed by atoms with van der Waals surface area (Å²) in [5.41, 5.74) is 12.6. The van der Waals surface area contributed by atoms with Crippen molar-refractivity contribution in [3.8, 4) is 34.1 Å². The van der Waals surface area contributed by atoms with E-state index in [9.17, 15) is 4.39 Å². The molecule has 4 aromatic rings. The number of nitrogens with two attached hydrogens (primary N) is 1. The van der Waals surface area contributed by atoms with E-state index < -0.39 is 0 Å². The van der Waals surface area contributed by atoms with Gasteiger partial charge in [-0.05, 0) is 48.4 Å². The smallest absolute Gasteiger partial charge is 0.322 e. The number of anilines is 2. The number of ether oxygens (including phenoxy) is 1. The van der Waals surface area contributed by atoms with Gasteiger partial charge in [0.1, 0.15) is 11.6 Å². The van der Waals surface area contributed by atoms with Crippen molar-refractivity contribution < 1.29 is 9.13 Å². The standard InChI is InChI=1S/C23H19FN6O/c1-12-3-4-16(11-28-12)31-23-29-20-8-17-18(6-14(24)7-19(17)26-2)21(20)22(30-23)13-5-15(25)10-27-9-13/h3-7,9-11,26H,8,25H2,1-2H3. The molecular formula is C23H19FN6O. The van der Waals surface area contributed by atoms with Crippen LogP contribution in [0.3, 0.4) is 0 Å². The third-order valence-electron chi connectivity index (χ3n) is 5.19. The van der Waals surface area contributed by atoms with E-state index in [2.05, 4.69) is 25.3 Å². The Hall–Kier alpha value is -4.07. The Morgan fingerprint density at radius 2 is 1.97 bits per heavy atom. The quantitative estimate of drug-likeness (QED) is 0.450. The van der Waals surface area contributed by atoms with Crippen LogP contribution in [0.15, 0.2) is 48.9 Å². The normalized spacial score (nSPS) is 11.7. The molecule has 1 aromatic carbocycles. The Labute approximate surface area is 178 Å². The Morgan fingerprint density at radius 3 is 2.71 bits per heavy atom. The van der Waals surface area contributed by atoms with Crippen LogP contribution < -0.4 is 15.8 Å². The average Bonchev–Trinajstić information content (AvgIpc) is 3.12. The number of nitrogens with zero attached hydrogens (tertiary/aromatic N) is 4. The summed E-state index contributed by atoms with van der Waals surface area (Å²) in [6.07, 6.45) is 5.38. The molecule has 7 nitrogen and oxygen atoms in total. The lowest BCUT2D eigenvalue weighted by Gasteiger charge is -2.12. The number of hydrogen-bond donors (Lipinski definition) is 2. The summed E-state index contributed by atoms with van der Waals surface area (Å²) in [5, 5.41) is 3.07. The highest BCUT2D eigenvalue weighted by molar-refractivity contribution is 5.90. The molecule has 3 heterocycles. The molecule has 0 saturated carbocycles. The topological polar surface area (TPSA) is 98.8 Å². The molecule has 0 fully saturated rings. The van der Waals surface area contributed by atoms with Gasteiger partial charge in [-0.25, -0.2) is 4.39 Å². The highest BCUT2D eigenvalue weighted by atomic mass is 19.1. The van der Waals surface area contributed by atoms with Crippen LogP contribution in [0.4, 0.5) is 15.8 Å². The first-order valence-corrected chi connectivity index (χ1v) is 9.74. The molecule has 3 aromatic heterocycles. The van der Waals surface area contributed by atoms with Gasteiger partial charge >= 0.3 is 6.01 Å². The summed E-state index contributed by atoms with van der Waals surface area (Å²) in [4.78, 5) is 17.7. The van der Waals surface area contributed by atoms with Crippen molar-refractivity contribution >= 4 is 11.4 Å². The molecule has 0 spiro atoms. The molecule has 0 saturated heterocycles. The maximum Gasteiger partial charge on any atom is 0.322 e. The SMILES string of the molecule is CNc1cc(F)cc2c1Cc1nc(Oc3ccc(C)nc3)nc(-c3cncc(N)c3)c1-2. The minimum atomic E-state index is -0.335. The highest BCUT2D eigenvalue weighted by Crippen LogP contribution is 2.45. The van der Waals surface area contributed by atoms with E-state index in [4.69, 9.17) is 10.5 Å². The molecule has 0 atom stereocenters. The fraction of sp³-hybridized carbons (Fsp3) is 0.130. The lowest BCUT2D eigenvalue weighted by atomic mass is 10.0. The highest BCUT2D eigenvalue weighted by Gasteiger charge is 2.29. The van der Waals surface area contributed by atoms with Crippen LogP contribution >= 0.6 is 0 Å². The summed E-state index contributed by atoms with van der Waals surface area (Å²) >= 11 is 0. The van der Waals surface area contributed by atoms with Crippen LogP contribution in [0, 0.1) is 12.7 Å². The molecule has 0 radical (unpaired) electrons. The van der Waals surface area contributed by atoms with Gasteiger partial charge < -0.3 is 15.8 Å². The van der Waals surface area contributed by atoms with Gasteiger partial charge in [0.25, 0.3) is 0 Å². The van der Waals surface area contributed by atoms with Gasteiger partial charge in [-0.3, -0.25) is 9.97 Å². The second-order valence-electron chi connectivity index (χ2n) is 7.33. The van der Waals surface area contributed by atoms with E-state index in [-0.39, 0.29) is 11.8 Å². The largest absolute Gasteiger partial charge is 0.423 e. The molecule has 5 rings (SSSR count). The number of benzene rings is 1. The van der Waals surface area contributed by atoms with Crippen molar-refractivity contribution in [2.24, 2.45) is 0 Å². The Balaban J connectivity index is 1.70. The number of rotatable bonds is 4. The van der Waals surface area contributed by atoms with E-state index in [1.165, 1.54) is 12.1 Å². The van der Waals surface area contributed by atoms with Crippen molar-refractivity contribution in [2.75, 3.05) is 18.1 Å². The molecular weight excluding hydrogens is 395 g/mol. The van der Waals surface area contributed by atoms with Crippen molar-refractivity contribution in [3.05, 3.63) is 71.7 Å². The van der Waals surface area contributed by atoms with Gasteiger partial charge in [0.2, 0.25) is 0 Å². The van der Waals surface area contributed by atoms with E-state index in [0.717, 1.165) is 33.8 Å². The third kappa shape index (κ3) is 3.42. The molecule has 1 aliphatic carbocycles. The summed E-state index contributed by atoms with van der Waals surface area (Å²) in [7, 11) is 1.77. The van der Waals surface area contributed by atoms with Crippen LogP contribution in [0.25, 0.3) is 22.4 Å². The van der Waals surface area contributed by atoms with Gasteiger partial charge in [-0.1, -0.05) is 0 Å². The molecule has 0 amide bonds. The van der Waals surface area contributed by atoms with Crippen LogP contribution in [-0.2, 0) is 6.42 Å². The average molecular weight is 414 g/mol. The maximum absolute atomic E-state index is 14.4. The van der Waals surface area contributed by atoms with Crippen LogP contribution in [0.1, 0.15) is 17.0 Å². The molecule has 31 heavy (non-hydrogen) atoms. The summed E-state index contributed by atoms with van der Waals surface area (Å²) in [5.74, 6) is 0.193. The zero-order valence-corrected chi connectivity index (χ0v) is 17.0. The van der Waals surface area contributed by atoms with E-state index >= 15 is 0 Å². The van der Waals surface area contributed by atoms with Crippen LogP contribution in [0.2, 0.25) is 0 Å². The fourth-order valence-corrected chi connectivity index (χ4v) is 3.80. The molecule has 1 aliphatic rings. The predicted molar refractivity (Wildman–Crippen MR) is 116 cm³/mol. The molecule has 8 heteroatoms. The van der Waals surface area contributed by atoms with Gasteiger partial charge in [0.15, 0.2) is 0 Å². The zero-order chi connectivity index (χ0) is 21.5. The van der Waals surface area contributed by atoms with E-state index in [0.29, 0.717) is 29.1 Å². The molecule has 154 valence electrons. The number of aromatic nitrogens is 4. The van der Waals surface area contributed by atoms with Crippen LogP contribution in [0.5, 0.6) is 11.8 Å². The summed E-state index contributed by atoms with van der Waals surface area (Å²) < 4.78 is 20.3. The van der Waals surface area contributed by atoms with E-state index in [1.807, 2.05) is 19.1 Å². The first-order valence-electron chi connectivity index (χ1n) is 9.74. The van der Waals surface area contributed by atoms with Gasteiger partial charge in [-0.15, -0.1) is 0 Å². The number of nitrogen functional groups attached to an aromatic ring is 1. The first-order chi connectivity index (χ1) is 15.0. The maximum atomic E-state index is 14.4. The lowest BCUT2D eigenvalue weighted by Crippen LogP contribution is -2.00. The zero-order valence-electron chi connectivity index (χ0n) is 17.0. The minimum absolute atomic E-state index is 0.182. The lowest BCUT2D eigenvalue weighted by molar-refractivity contribution is 0.439. The number of aryl methyl sites for hydroxylation is 1. The number of hydrogen-bond acceptors (Lipinski definition) is 7. The number of fused-ring (bicyclic) bond motifs is 3. The van der Waals surface area contributed by atoms with Crippen molar-refractivity contribution in [3.63, 3.8) is 0 Å². The molecule has 0 aliphatic heterocycles. The second kappa shape index (κ2) is 7.32. The predicted octanol–water partition coefficient (Wildman–Crippen LogP) is 4.37. The van der Waals surface area contributed by atoms with Gasteiger partial charge in [0, 0.05) is 48.4 Å². The Morgan fingerprint density at radius 1 is 1.10 bits per heavy atom. The first kappa shape index (κ1) is 18.9. The Bertz CT molecular complexity index is 1310. The van der Waals surface area contributed by atoms with Crippen LogP contribution in [-0.4, -0.2) is 27.0 Å². The van der Waals surface area contributed by atoms with Crippen molar-refractivity contribution in [1.82, 2.24) is 19.9 Å². The summed E-state index contributed by atoms with van der Waals surface area (Å²) in [6, 6.07) is 8.62. The number of pyridine rings is 2. The number of halogens is 1. The van der Waals surface area contributed by atoms with Gasteiger partial charge in [-0.2, -0.15) is 9.97 Å².